The molecule has 124 valence electrons. The third-order valence-corrected chi connectivity index (χ3v) is 3.99. The third kappa shape index (κ3) is 6.27. The van der Waals surface area contributed by atoms with E-state index < -0.39 is 11.9 Å². The highest BCUT2D eigenvalue weighted by atomic mass is 16.4. The summed E-state index contributed by atoms with van der Waals surface area (Å²) in [6, 6.07) is 7.88. The van der Waals surface area contributed by atoms with Crippen LogP contribution >= 0.6 is 0 Å². The lowest BCUT2D eigenvalue weighted by Crippen LogP contribution is -2.12. The van der Waals surface area contributed by atoms with Gasteiger partial charge >= 0.3 is 5.97 Å². The maximum absolute atomic E-state index is 11.6. The van der Waals surface area contributed by atoms with Crippen LogP contribution in [-0.2, 0) is 4.79 Å². The van der Waals surface area contributed by atoms with Gasteiger partial charge in [0.15, 0.2) is 0 Å². The van der Waals surface area contributed by atoms with Gasteiger partial charge in [0, 0.05) is 0 Å². The molecule has 2 heteroatoms. The lowest BCUT2D eigenvalue weighted by atomic mass is 9.89. The van der Waals surface area contributed by atoms with Crippen LogP contribution in [0.25, 0.3) is 5.57 Å². The molecule has 1 atom stereocenters. The zero-order valence-electron chi connectivity index (χ0n) is 14.7. The number of rotatable bonds is 8. The average Bonchev–Trinajstić information content (AvgIpc) is 2.52. The van der Waals surface area contributed by atoms with Crippen molar-refractivity contribution in [2.45, 2.75) is 46.5 Å². The number of benzene rings is 1. The Balaban J connectivity index is 3.06. The van der Waals surface area contributed by atoms with E-state index in [1.165, 1.54) is 0 Å². The second kappa shape index (κ2) is 9.14. The Bertz CT molecular complexity index is 606. The fourth-order valence-corrected chi connectivity index (χ4v) is 2.35. The van der Waals surface area contributed by atoms with E-state index in [0.717, 1.165) is 28.7 Å². The van der Waals surface area contributed by atoms with Crippen LogP contribution in [0.3, 0.4) is 0 Å². The van der Waals surface area contributed by atoms with E-state index in [4.69, 9.17) is 0 Å². The molecule has 0 fully saturated rings. The average molecular weight is 312 g/mol. The molecule has 0 heterocycles. The third-order valence-electron chi connectivity index (χ3n) is 3.99. The van der Waals surface area contributed by atoms with Crippen molar-refractivity contribution in [2.24, 2.45) is 5.92 Å². The Hall–Kier alpha value is -2.09. The summed E-state index contributed by atoms with van der Waals surface area (Å²) in [5.74, 6) is -0.670. The van der Waals surface area contributed by atoms with Crippen molar-refractivity contribution in [2.75, 3.05) is 0 Å². The van der Waals surface area contributed by atoms with Crippen LogP contribution in [0.5, 0.6) is 0 Å². The van der Waals surface area contributed by atoms with Crippen molar-refractivity contribution in [3.8, 4) is 0 Å². The van der Waals surface area contributed by atoms with Crippen LogP contribution in [0, 0.1) is 5.92 Å². The Morgan fingerprint density at radius 2 is 1.91 bits per heavy atom. The van der Waals surface area contributed by atoms with E-state index in [1.54, 1.807) is 0 Å². The standard InChI is InChI=1S/C21H28O2/c1-6-16(4)11-12-17(5)18-8-7-9-19(14-18)20(21(22)23)13-10-15(2)3/h6-9,11-12,14-15,20H,1,10,13H2,2-5H3,(H,22,23)/b16-11-,17-12+. The molecule has 0 saturated heterocycles. The van der Waals surface area contributed by atoms with Gasteiger partial charge < -0.3 is 5.11 Å². The Morgan fingerprint density at radius 3 is 2.48 bits per heavy atom. The van der Waals surface area contributed by atoms with Crippen LogP contribution < -0.4 is 0 Å². The van der Waals surface area contributed by atoms with Crippen LogP contribution in [0.1, 0.15) is 57.6 Å². The Labute approximate surface area is 140 Å². The van der Waals surface area contributed by atoms with Gasteiger partial charge in [-0.15, -0.1) is 0 Å². The van der Waals surface area contributed by atoms with Gasteiger partial charge in [0.2, 0.25) is 0 Å². The lowest BCUT2D eigenvalue weighted by molar-refractivity contribution is -0.139. The van der Waals surface area contributed by atoms with Gasteiger partial charge in [-0.2, -0.15) is 0 Å². The Kier molecular flexibility index (Phi) is 7.53. The highest BCUT2D eigenvalue weighted by Crippen LogP contribution is 2.26. The fourth-order valence-electron chi connectivity index (χ4n) is 2.35. The van der Waals surface area contributed by atoms with Crippen LogP contribution in [0.4, 0.5) is 0 Å². The molecule has 1 unspecified atom stereocenters. The van der Waals surface area contributed by atoms with Crippen molar-refractivity contribution < 1.29 is 9.90 Å². The van der Waals surface area contributed by atoms with Gasteiger partial charge in [-0.3, -0.25) is 4.79 Å². The minimum Gasteiger partial charge on any atom is -0.481 e. The molecule has 0 aliphatic heterocycles. The minimum absolute atomic E-state index is 0.435. The predicted molar refractivity (Wildman–Crippen MR) is 98.5 cm³/mol. The zero-order valence-corrected chi connectivity index (χ0v) is 14.7. The van der Waals surface area contributed by atoms with Crippen molar-refractivity contribution >= 4 is 11.5 Å². The van der Waals surface area contributed by atoms with Gasteiger partial charge in [-0.05, 0) is 49.3 Å². The summed E-state index contributed by atoms with van der Waals surface area (Å²) in [5.41, 5.74) is 4.15. The van der Waals surface area contributed by atoms with Gasteiger partial charge in [0.1, 0.15) is 0 Å². The molecule has 0 amide bonds. The molecule has 23 heavy (non-hydrogen) atoms. The second-order valence-electron chi connectivity index (χ2n) is 6.45. The summed E-state index contributed by atoms with van der Waals surface area (Å²) in [7, 11) is 0. The Morgan fingerprint density at radius 1 is 1.22 bits per heavy atom. The van der Waals surface area contributed by atoms with E-state index in [1.807, 2.05) is 56.3 Å². The van der Waals surface area contributed by atoms with Gasteiger partial charge in [0.25, 0.3) is 0 Å². The van der Waals surface area contributed by atoms with E-state index >= 15 is 0 Å². The summed E-state index contributed by atoms with van der Waals surface area (Å²) in [6.07, 6.45) is 7.46. The number of carbonyl (C=O) groups is 1. The maximum atomic E-state index is 11.6. The zero-order chi connectivity index (χ0) is 17.4. The van der Waals surface area contributed by atoms with E-state index in [9.17, 15) is 9.90 Å². The SMILES string of the molecule is C=C/C(C)=C\C=C(/C)c1cccc(C(CCC(C)C)C(=O)O)c1. The molecule has 1 N–H and O–H groups in total. The normalized spacial score (nSPS) is 14.0. The molecule has 0 saturated carbocycles. The first-order valence-electron chi connectivity index (χ1n) is 8.16. The molecule has 0 spiro atoms. The van der Waals surface area contributed by atoms with E-state index in [2.05, 4.69) is 20.4 Å². The van der Waals surface area contributed by atoms with Crippen LogP contribution in [-0.4, -0.2) is 11.1 Å². The molecule has 1 rings (SSSR count). The largest absolute Gasteiger partial charge is 0.481 e. The highest BCUT2D eigenvalue weighted by Gasteiger charge is 2.20. The molecule has 2 nitrogen and oxygen atoms in total. The van der Waals surface area contributed by atoms with Gasteiger partial charge in [-0.25, -0.2) is 0 Å². The monoisotopic (exact) mass is 312 g/mol. The van der Waals surface area contributed by atoms with Gasteiger partial charge in [0.05, 0.1) is 5.92 Å². The molecule has 0 bridgehead atoms. The first kappa shape index (κ1) is 19.0. The molecule has 0 aliphatic carbocycles. The van der Waals surface area contributed by atoms with Crippen LogP contribution in [0.2, 0.25) is 0 Å². The number of hydrogen-bond donors (Lipinski definition) is 1. The predicted octanol–water partition coefficient (Wildman–Crippen LogP) is 5.83. The highest BCUT2D eigenvalue weighted by molar-refractivity contribution is 5.77. The van der Waals surface area contributed by atoms with E-state index in [-0.39, 0.29) is 0 Å². The van der Waals surface area contributed by atoms with Crippen molar-refractivity contribution in [3.63, 3.8) is 0 Å². The summed E-state index contributed by atoms with van der Waals surface area (Å²) in [4.78, 5) is 11.6. The second-order valence-corrected chi connectivity index (χ2v) is 6.45. The summed E-state index contributed by atoms with van der Waals surface area (Å²) in [5, 5.41) is 9.54. The molecule has 1 aromatic rings. The molecular formula is C21H28O2. The summed E-state index contributed by atoms with van der Waals surface area (Å²) in [6.45, 7) is 12.0. The lowest BCUT2D eigenvalue weighted by Gasteiger charge is -2.15. The quantitative estimate of drug-likeness (QED) is 0.613. The smallest absolute Gasteiger partial charge is 0.310 e. The van der Waals surface area contributed by atoms with Gasteiger partial charge in [-0.1, -0.05) is 68.5 Å². The molecule has 0 aliphatic rings. The fraction of sp³-hybridized carbons (Fsp3) is 0.381. The minimum atomic E-state index is -0.744. The van der Waals surface area contributed by atoms with E-state index in [0.29, 0.717) is 12.3 Å². The maximum Gasteiger partial charge on any atom is 0.310 e. The summed E-state index contributed by atoms with van der Waals surface area (Å²) < 4.78 is 0. The number of carboxylic acids is 1. The number of carboxylic acid groups (broad SMARTS) is 1. The number of allylic oxidation sites excluding steroid dienone is 5. The molecule has 1 aromatic carbocycles. The topological polar surface area (TPSA) is 37.3 Å². The summed E-state index contributed by atoms with van der Waals surface area (Å²) >= 11 is 0. The van der Waals surface area contributed by atoms with Crippen molar-refractivity contribution in [1.29, 1.82) is 0 Å². The first-order valence-corrected chi connectivity index (χ1v) is 8.16. The van der Waals surface area contributed by atoms with Crippen LogP contribution in [0.15, 0.2) is 54.6 Å². The van der Waals surface area contributed by atoms with Crippen molar-refractivity contribution in [3.05, 3.63) is 65.8 Å². The van der Waals surface area contributed by atoms with Crippen molar-refractivity contribution in [1.82, 2.24) is 0 Å². The molecule has 0 radical (unpaired) electrons. The number of aliphatic carboxylic acids is 1. The molecular weight excluding hydrogens is 284 g/mol. The molecule has 0 aromatic heterocycles. The first-order chi connectivity index (χ1) is 10.8. The number of hydrogen-bond acceptors (Lipinski definition) is 1.